The summed E-state index contributed by atoms with van der Waals surface area (Å²) in [7, 11) is -4.09. The molecule has 1 heterocycles. The SMILES string of the molecule is CC(N)Cc1ccc(C(C)c2ccccc2)c2ccoc12.O=S(=O)(O)c1ccc2ccccc2c1. The van der Waals surface area contributed by atoms with E-state index in [9.17, 15) is 8.42 Å². The third-order valence-electron chi connectivity index (χ3n) is 6.06. The van der Waals surface area contributed by atoms with Gasteiger partial charge in [0.05, 0.1) is 11.2 Å². The van der Waals surface area contributed by atoms with E-state index in [2.05, 4.69) is 55.5 Å². The second kappa shape index (κ2) is 10.4. The number of furan rings is 1. The van der Waals surface area contributed by atoms with Crippen molar-refractivity contribution in [1.82, 2.24) is 0 Å². The molecule has 35 heavy (non-hydrogen) atoms. The molecule has 0 aliphatic rings. The predicted octanol–water partition coefficient (Wildman–Crippen LogP) is 6.56. The molecule has 0 spiro atoms. The van der Waals surface area contributed by atoms with Crippen LogP contribution < -0.4 is 5.73 Å². The molecule has 5 nitrogen and oxygen atoms in total. The van der Waals surface area contributed by atoms with E-state index in [0.717, 1.165) is 22.8 Å². The molecule has 0 saturated heterocycles. The van der Waals surface area contributed by atoms with Gasteiger partial charge in [-0.2, -0.15) is 8.42 Å². The first kappa shape index (κ1) is 24.7. The van der Waals surface area contributed by atoms with Crippen LogP contribution in [-0.4, -0.2) is 19.0 Å². The topological polar surface area (TPSA) is 93.5 Å². The highest BCUT2D eigenvalue weighted by molar-refractivity contribution is 7.85. The maximum atomic E-state index is 10.8. The number of benzene rings is 4. The Morgan fingerprint density at radius 2 is 1.54 bits per heavy atom. The molecule has 2 atom stereocenters. The van der Waals surface area contributed by atoms with Crippen LogP contribution in [0.4, 0.5) is 0 Å². The van der Waals surface area contributed by atoms with Gasteiger partial charge in [0.15, 0.2) is 0 Å². The predicted molar refractivity (Wildman–Crippen MR) is 141 cm³/mol. The summed E-state index contributed by atoms with van der Waals surface area (Å²) in [6.07, 6.45) is 2.61. The monoisotopic (exact) mass is 487 g/mol. The molecule has 0 saturated carbocycles. The van der Waals surface area contributed by atoms with Crippen molar-refractivity contribution in [2.24, 2.45) is 5.73 Å². The standard InChI is InChI=1S/C19H21NO.C10H8O3S/c1-13(20)12-16-8-9-17(18-10-11-21-19(16)18)14(2)15-6-4-3-5-7-15;11-14(12,13)10-6-5-8-3-1-2-4-9(8)7-10/h3-11,13-14H,12,20H2,1-2H3;1-7H,(H,11,12,13). The van der Waals surface area contributed by atoms with Crippen LogP contribution in [0, 0.1) is 0 Å². The molecule has 5 aromatic rings. The average Bonchev–Trinajstić information content (AvgIpc) is 3.34. The summed E-state index contributed by atoms with van der Waals surface area (Å²) in [5, 5.41) is 2.94. The van der Waals surface area contributed by atoms with Crippen molar-refractivity contribution in [1.29, 1.82) is 0 Å². The molecule has 0 bridgehead atoms. The molecule has 180 valence electrons. The zero-order valence-electron chi connectivity index (χ0n) is 19.8. The Kier molecular flexibility index (Phi) is 7.36. The molecule has 0 amide bonds. The summed E-state index contributed by atoms with van der Waals surface area (Å²) in [5.41, 5.74) is 10.7. The highest BCUT2D eigenvalue weighted by Gasteiger charge is 2.16. The van der Waals surface area contributed by atoms with Gasteiger partial charge in [0.1, 0.15) is 5.58 Å². The third kappa shape index (κ3) is 5.80. The quantitative estimate of drug-likeness (QED) is 0.274. The summed E-state index contributed by atoms with van der Waals surface area (Å²) < 4.78 is 36.2. The van der Waals surface area contributed by atoms with Crippen molar-refractivity contribution in [3.8, 4) is 0 Å². The van der Waals surface area contributed by atoms with Crippen molar-refractivity contribution in [3.05, 3.63) is 114 Å². The molecule has 2 unspecified atom stereocenters. The van der Waals surface area contributed by atoms with Crippen LogP contribution in [-0.2, 0) is 16.5 Å². The molecule has 6 heteroatoms. The van der Waals surface area contributed by atoms with Crippen molar-refractivity contribution in [3.63, 3.8) is 0 Å². The lowest BCUT2D eigenvalue weighted by atomic mass is 9.89. The number of nitrogens with two attached hydrogens (primary N) is 1. The van der Waals surface area contributed by atoms with E-state index in [1.165, 1.54) is 34.2 Å². The molecule has 0 fully saturated rings. The minimum absolute atomic E-state index is 0.0730. The molecule has 0 radical (unpaired) electrons. The van der Waals surface area contributed by atoms with Gasteiger partial charge in [-0.05, 0) is 59.0 Å². The van der Waals surface area contributed by atoms with Gasteiger partial charge < -0.3 is 10.2 Å². The summed E-state index contributed by atoms with van der Waals surface area (Å²) in [4.78, 5) is -0.0730. The van der Waals surface area contributed by atoms with Crippen LogP contribution in [0.2, 0.25) is 0 Å². The Hall–Kier alpha value is -3.45. The lowest BCUT2D eigenvalue weighted by Crippen LogP contribution is -2.17. The molecule has 0 aliphatic carbocycles. The summed E-state index contributed by atoms with van der Waals surface area (Å²) in [6.45, 7) is 4.26. The van der Waals surface area contributed by atoms with E-state index in [1.807, 2.05) is 25.1 Å². The lowest BCUT2D eigenvalue weighted by Gasteiger charge is -2.15. The average molecular weight is 488 g/mol. The molecular formula is C29H29NO4S. The van der Waals surface area contributed by atoms with Gasteiger partial charge in [-0.25, -0.2) is 0 Å². The maximum absolute atomic E-state index is 10.8. The first-order valence-corrected chi connectivity index (χ1v) is 12.9. The number of rotatable bonds is 5. The molecule has 1 aromatic heterocycles. The largest absolute Gasteiger partial charge is 0.464 e. The number of hydrogen-bond acceptors (Lipinski definition) is 4. The van der Waals surface area contributed by atoms with Gasteiger partial charge in [-0.3, -0.25) is 4.55 Å². The van der Waals surface area contributed by atoms with Crippen molar-refractivity contribution in [2.45, 2.75) is 37.1 Å². The van der Waals surface area contributed by atoms with E-state index in [4.69, 9.17) is 14.7 Å². The van der Waals surface area contributed by atoms with Gasteiger partial charge in [-0.1, -0.05) is 79.7 Å². The lowest BCUT2D eigenvalue weighted by molar-refractivity contribution is 0.483. The fraction of sp³-hybridized carbons (Fsp3) is 0.172. The minimum Gasteiger partial charge on any atom is -0.464 e. The summed E-state index contributed by atoms with van der Waals surface area (Å²) >= 11 is 0. The normalized spacial score (nSPS) is 13.3. The van der Waals surface area contributed by atoms with Gasteiger partial charge in [0.25, 0.3) is 10.1 Å². The van der Waals surface area contributed by atoms with Crippen molar-refractivity contribution < 1.29 is 17.4 Å². The Morgan fingerprint density at radius 3 is 2.23 bits per heavy atom. The van der Waals surface area contributed by atoms with Crippen LogP contribution in [0.15, 0.2) is 107 Å². The van der Waals surface area contributed by atoms with Crippen LogP contribution in [0.5, 0.6) is 0 Å². The van der Waals surface area contributed by atoms with Gasteiger partial charge in [0, 0.05) is 17.3 Å². The number of hydrogen-bond donors (Lipinski definition) is 2. The number of fused-ring (bicyclic) bond motifs is 2. The fourth-order valence-electron chi connectivity index (χ4n) is 4.28. The van der Waals surface area contributed by atoms with Gasteiger partial charge >= 0.3 is 0 Å². The van der Waals surface area contributed by atoms with E-state index < -0.39 is 10.1 Å². The maximum Gasteiger partial charge on any atom is 0.294 e. The zero-order chi connectivity index (χ0) is 25.0. The van der Waals surface area contributed by atoms with Crippen molar-refractivity contribution >= 4 is 31.9 Å². The second-order valence-corrected chi connectivity index (χ2v) is 10.2. The molecule has 4 aromatic carbocycles. The van der Waals surface area contributed by atoms with Crippen LogP contribution in [0.1, 0.15) is 36.5 Å². The van der Waals surface area contributed by atoms with E-state index in [1.54, 1.807) is 18.4 Å². The zero-order valence-corrected chi connectivity index (χ0v) is 20.6. The Bertz CT molecular complexity index is 1540. The Balaban J connectivity index is 0.000000179. The van der Waals surface area contributed by atoms with Crippen LogP contribution in [0.3, 0.4) is 0 Å². The minimum atomic E-state index is -4.09. The highest BCUT2D eigenvalue weighted by Crippen LogP contribution is 2.33. The van der Waals surface area contributed by atoms with E-state index in [0.29, 0.717) is 5.92 Å². The van der Waals surface area contributed by atoms with E-state index >= 15 is 0 Å². The Labute approximate surface area is 206 Å². The van der Waals surface area contributed by atoms with Crippen molar-refractivity contribution in [2.75, 3.05) is 0 Å². The van der Waals surface area contributed by atoms with E-state index in [-0.39, 0.29) is 10.9 Å². The summed E-state index contributed by atoms with van der Waals surface area (Å²) in [6, 6.07) is 29.0. The molecule has 0 aliphatic heterocycles. The fourth-order valence-corrected chi connectivity index (χ4v) is 4.79. The van der Waals surface area contributed by atoms with Gasteiger partial charge in [-0.15, -0.1) is 0 Å². The summed E-state index contributed by atoms with van der Waals surface area (Å²) in [5.74, 6) is 0.343. The van der Waals surface area contributed by atoms with Gasteiger partial charge in [0.2, 0.25) is 0 Å². The molecule has 3 N–H and O–H groups in total. The first-order chi connectivity index (χ1) is 16.7. The first-order valence-electron chi connectivity index (χ1n) is 11.5. The smallest absolute Gasteiger partial charge is 0.294 e. The third-order valence-corrected chi connectivity index (χ3v) is 6.91. The van der Waals surface area contributed by atoms with Crippen LogP contribution in [0.25, 0.3) is 21.7 Å². The highest BCUT2D eigenvalue weighted by atomic mass is 32.2. The second-order valence-electron chi connectivity index (χ2n) is 8.78. The molecular weight excluding hydrogens is 458 g/mol. The Morgan fingerprint density at radius 1 is 0.857 bits per heavy atom. The van der Waals surface area contributed by atoms with Crippen LogP contribution >= 0.6 is 0 Å². The molecule has 5 rings (SSSR count).